The monoisotopic (exact) mass is 354 g/mol. The van der Waals surface area contributed by atoms with E-state index in [9.17, 15) is 13.2 Å². The minimum absolute atomic E-state index is 0.0388. The van der Waals surface area contributed by atoms with Gasteiger partial charge >= 0.3 is 0 Å². The van der Waals surface area contributed by atoms with Crippen LogP contribution in [0.1, 0.15) is 44.1 Å². The average Bonchev–Trinajstić information content (AvgIpc) is 2.88. The Morgan fingerprint density at radius 1 is 1.42 bits per heavy atom. The molecule has 1 aliphatic rings. The van der Waals surface area contributed by atoms with Gasteiger partial charge in [-0.3, -0.25) is 4.79 Å². The van der Waals surface area contributed by atoms with Crippen molar-refractivity contribution in [3.8, 4) is 0 Å². The number of sulfone groups is 1. The van der Waals surface area contributed by atoms with E-state index in [1.807, 2.05) is 6.92 Å². The van der Waals surface area contributed by atoms with Crippen LogP contribution in [0.2, 0.25) is 0 Å². The lowest BCUT2D eigenvalue weighted by Gasteiger charge is -2.26. The molecule has 1 amide bonds. The first kappa shape index (κ1) is 18.6. The molecule has 1 aromatic rings. The molecule has 0 aliphatic carbocycles. The van der Waals surface area contributed by atoms with Crippen molar-refractivity contribution in [2.45, 2.75) is 39.7 Å². The number of carbonyl (C=O) groups excluding carboxylic acids is 1. The van der Waals surface area contributed by atoms with Gasteiger partial charge in [0.1, 0.15) is 17.8 Å². The Balaban J connectivity index is 2.07. The average molecular weight is 354 g/mol. The molecule has 1 saturated heterocycles. The van der Waals surface area contributed by atoms with E-state index < -0.39 is 9.84 Å². The molecule has 8 heteroatoms. The molecule has 0 aromatic carbocycles. The van der Waals surface area contributed by atoms with Gasteiger partial charge in [0.25, 0.3) is 5.91 Å². The van der Waals surface area contributed by atoms with Crippen LogP contribution in [0.5, 0.6) is 0 Å². The second-order valence-corrected chi connectivity index (χ2v) is 8.77. The third-order valence-corrected chi connectivity index (χ3v) is 5.92. The van der Waals surface area contributed by atoms with Crippen LogP contribution < -0.4 is 5.32 Å². The Morgan fingerprint density at radius 3 is 2.75 bits per heavy atom. The molecule has 1 unspecified atom stereocenters. The molecule has 2 heterocycles. The fourth-order valence-corrected chi connectivity index (χ4v) is 4.53. The maximum absolute atomic E-state index is 12.7. The van der Waals surface area contributed by atoms with Gasteiger partial charge in [0, 0.05) is 25.2 Å². The van der Waals surface area contributed by atoms with Gasteiger partial charge in [0.2, 0.25) is 0 Å². The van der Waals surface area contributed by atoms with Crippen LogP contribution >= 0.6 is 0 Å². The first-order chi connectivity index (χ1) is 11.3. The van der Waals surface area contributed by atoms with Gasteiger partial charge in [0.15, 0.2) is 9.84 Å². The molecule has 0 radical (unpaired) electrons. The first-order valence-electron chi connectivity index (χ1n) is 8.39. The van der Waals surface area contributed by atoms with Gasteiger partial charge in [-0.1, -0.05) is 13.8 Å². The van der Waals surface area contributed by atoms with E-state index in [0.29, 0.717) is 30.4 Å². The van der Waals surface area contributed by atoms with E-state index in [1.165, 1.54) is 6.33 Å². The van der Waals surface area contributed by atoms with Crippen molar-refractivity contribution < 1.29 is 13.2 Å². The van der Waals surface area contributed by atoms with Gasteiger partial charge in [0.05, 0.1) is 11.5 Å². The summed E-state index contributed by atoms with van der Waals surface area (Å²) >= 11 is 0. The minimum Gasteiger partial charge on any atom is -0.370 e. The molecule has 1 aliphatic heterocycles. The number of anilines is 1. The summed E-state index contributed by atoms with van der Waals surface area (Å²) < 4.78 is 23.3. The Labute approximate surface area is 143 Å². The van der Waals surface area contributed by atoms with Crippen molar-refractivity contribution in [1.29, 1.82) is 0 Å². The number of carbonyl (C=O) groups is 1. The largest absolute Gasteiger partial charge is 0.370 e. The standard InChI is InChI=1S/C16H26N4O3S/c1-4-20(13-6-8-24(22,23)10-13)16(21)14-9-15(19-11-18-14)17-7-5-12(2)3/h9,11-13H,4-8,10H2,1-3H3,(H,17,18,19). The van der Waals surface area contributed by atoms with E-state index >= 15 is 0 Å². The van der Waals surface area contributed by atoms with E-state index in [4.69, 9.17) is 0 Å². The zero-order valence-electron chi connectivity index (χ0n) is 14.5. The molecule has 1 fully saturated rings. The van der Waals surface area contributed by atoms with Gasteiger partial charge in [-0.25, -0.2) is 18.4 Å². The molecule has 1 atom stereocenters. The van der Waals surface area contributed by atoms with Crippen molar-refractivity contribution in [3.05, 3.63) is 18.1 Å². The lowest BCUT2D eigenvalue weighted by Crippen LogP contribution is -2.41. The fraction of sp³-hybridized carbons (Fsp3) is 0.688. The Bertz CT molecular complexity index is 676. The number of aromatic nitrogens is 2. The number of rotatable bonds is 7. The molecule has 1 aromatic heterocycles. The number of nitrogens with one attached hydrogen (secondary N) is 1. The van der Waals surface area contributed by atoms with E-state index in [0.717, 1.165) is 13.0 Å². The lowest BCUT2D eigenvalue weighted by atomic mass is 10.1. The maximum atomic E-state index is 12.7. The van der Waals surface area contributed by atoms with Crippen LogP contribution in [-0.2, 0) is 9.84 Å². The van der Waals surface area contributed by atoms with E-state index in [2.05, 4.69) is 29.1 Å². The summed E-state index contributed by atoms with van der Waals surface area (Å²) in [7, 11) is -3.03. The molecule has 1 N–H and O–H groups in total. The second-order valence-electron chi connectivity index (χ2n) is 6.55. The summed E-state index contributed by atoms with van der Waals surface area (Å²) in [5.41, 5.74) is 0.295. The number of hydrogen-bond donors (Lipinski definition) is 1. The SMILES string of the molecule is CCN(C(=O)c1cc(NCCC(C)C)ncn1)C1CCS(=O)(=O)C1. The molecular weight excluding hydrogens is 328 g/mol. The number of nitrogens with zero attached hydrogens (tertiary/aromatic N) is 3. The molecule has 134 valence electrons. The van der Waals surface area contributed by atoms with Crippen LogP contribution in [0.15, 0.2) is 12.4 Å². The summed E-state index contributed by atoms with van der Waals surface area (Å²) in [5, 5.41) is 3.19. The molecule has 2 rings (SSSR count). The first-order valence-corrected chi connectivity index (χ1v) is 10.2. The van der Waals surface area contributed by atoms with Crippen molar-refractivity contribution in [3.63, 3.8) is 0 Å². The Hall–Kier alpha value is -1.70. The molecule has 0 spiro atoms. The quantitative estimate of drug-likeness (QED) is 0.799. The van der Waals surface area contributed by atoms with Crippen LogP contribution in [0.25, 0.3) is 0 Å². The molecule has 7 nitrogen and oxygen atoms in total. The summed E-state index contributed by atoms with van der Waals surface area (Å²) in [5.74, 6) is 1.14. The predicted molar refractivity (Wildman–Crippen MR) is 93.7 cm³/mol. The normalized spacial score (nSPS) is 19.4. The van der Waals surface area contributed by atoms with Crippen LogP contribution in [0.4, 0.5) is 5.82 Å². The highest BCUT2D eigenvalue weighted by atomic mass is 32.2. The fourth-order valence-electron chi connectivity index (χ4n) is 2.80. The molecule has 0 bridgehead atoms. The Morgan fingerprint density at radius 2 is 2.17 bits per heavy atom. The summed E-state index contributed by atoms with van der Waals surface area (Å²) in [6, 6.07) is 1.37. The van der Waals surface area contributed by atoms with E-state index in [-0.39, 0.29) is 23.5 Å². The third kappa shape index (κ3) is 4.90. The van der Waals surface area contributed by atoms with Gasteiger partial charge in [-0.15, -0.1) is 0 Å². The highest BCUT2D eigenvalue weighted by Crippen LogP contribution is 2.20. The van der Waals surface area contributed by atoms with Crippen molar-refractivity contribution in [2.24, 2.45) is 5.92 Å². The van der Waals surface area contributed by atoms with Crippen LogP contribution in [0.3, 0.4) is 0 Å². The van der Waals surface area contributed by atoms with Gasteiger partial charge in [-0.05, 0) is 25.7 Å². The highest BCUT2D eigenvalue weighted by Gasteiger charge is 2.34. The molecule has 0 saturated carbocycles. The van der Waals surface area contributed by atoms with Gasteiger partial charge in [-0.2, -0.15) is 0 Å². The third-order valence-electron chi connectivity index (χ3n) is 4.16. The second kappa shape index (κ2) is 7.92. The summed E-state index contributed by atoms with van der Waals surface area (Å²) in [6.07, 6.45) is 2.87. The van der Waals surface area contributed by atoms with Crippen LogP contribution in [-0.4, -0.2) is 59.8 Å². The lowest BCUT2D eigenvalue weighted by molar-refractivity contribution is 0.0702. The highest BCUT2D eigenvalue weighted by molar-refractivity contribution is 7.91. The zero-order valence-corrected chi connectivity index (χ0v) is 15.3. The molecule has 24 heavy (non-hydrogen) atoms. The molecular formula is C16H26N4O3S. The smallest absolute Gasteiger partial charge is 0.272 e. The zero-order chi connectivity index (χ0) is 17.7. The minimum atomic E-state index is -3.03. The van der Waals surface area contributed by atoms with Crippen molar-refractivity contribution in [1.82, 2.24) is 14.9 Å². The topological polar surface area (TPSA) is 92.3 Å². The van der Waals surface area contributed by atoms with Gasteiger partial charge < -0.3 is 10.2 Å². The van der Waals surface area contributed by atoms with Crippen molar-refractivity contribution >= 4 is 21.6 Å². The van der Waals surface area contributed by atoms with E-state index in [1.54, 1.807) is 11.0 Å². The van der Waals surface area contributed by atoms with Crippen LogP contribution in [0, 0.1) is 5.92 Å². The van der Waals surface area contributed by atoms with Crippen molar-refractivity contribution in [2.75, 3.05) is 29.9 Å². The predicted octanol–water partition coefficient (Wildman–Crippen LogP) is 1.58. The summed E-state index contributed by atoms with van der Waals surface area (Å²) in [4.78, 5) is 22.5. The number of hydrogen-bond acceptors (Lipinski definition) is 6. The number of amides is 1. The Kier molecular flexibility index (Phi) is 6.15. The summed E-state index contributed by atoms with van der Waals surface area (Å²) in [6.45, 7) is 7.38. The maximum Gasteiger partial charge on any atom is 0.272 e.